The van der Waals surface area contributed by atoms with E-state index in [0.29, 0.717) is 22.3 Å². The molecule has 32 heavy (non-hydrogen) atoms. The fourth-order valence-electron chi connectivity index (χ4n) is 3.13. The molecule has 182 valence electrons. The van der Waals surface area contributed by atoms with E-state index in [-0.39, 0.29) is 30.5 Å². The average Bonchev–Trinajstić information content (AvgIpc) is 2.93. The van der Waals surface area contributed by atoms with Gasteiger partial charge in [0, 0.05) is 12.3 Å². The largest absolute Gasteiger partial charge is 0.416 e. The number of halogens is 10. The van der Waals surface area contributed by atoms with Crippen molar-refractivity contribution >= 4 is 34.0 Å². The summed E-state index contributed by atoms with van der Waals surface area (Å²) >= 11 is 2.03. The van der Waals surface area contributed by atoms with Crippen LogP contribution in [-0.2, 0) is 17.1 Å². The highest BCUT2D eigenvalue weighted by Crippen LogP contribution is 2.42. The Bertz CT molecular complexity index is 792. The lowest BCUT2D eigenvalue weighted by atomic mass is 9.95. The van der Waals surface area contributed by atoms with E-state index < -0.39 is 53.6 Å². The molecule has 0 saturated carbocycles. The Morgan fingerprint density at radius 2 is 1.53 bits per heavy atom. The summed E-state index contributed by atoms with van der Waals surface area (Å²) in [5, 5.41) is 14.4. The third-order valence-corrected chi connectivity index (χ3v) is 5.39. The zero-order valence-corrected chi connectivity index (χ0v) is 18.5. The highest BCUT2D eigenvalue weighted by Gasteiger charge is 2.53. The van der Waals surface area contributed by atoms with Crippen molar-refractivity contribution in [3.05, 3.63) is 29.3 Å². The third-order valence-electron chi connectivity index (χ3n) is 4.63. The van der Waals surface area contributed by atoms with E-state index in [4.69, 9.17) is 4.74 Å². The van der Waals surface area contributed by atoms with Crippen LogP contribution in [0.2, 0.25) is 0 Å². The molecule has 0 aliphatic carbocycles. The van der Waals surface area contributed by atoms with Crippen LogP contribution in [0.25, 0.3) is 0 Å². The van der Waals surface area contributed by atoms with Gasteiger partial charge in [0.15, 0.2) is 12.3 Å². The molecule has 0 radical (unpaired) electrons. The standard InChI is InChI=1S/C18H18F9IN2O2/c1-9-13(14(18(25,26)27)32-5-3-2-4-28)15(31)30(29-9)12-7-10(16(19,20)21)6-11(8-12)17(22,23)24/h6-8,13-15,31H,2-5H2,1H3. The van der Waals surface area contributed by atoms with Gasteiger partial charge in [0.1, 0.15) is 0 Å². The summed E-state index contributed by atoms with van der Waals surface area (Å²) in [5.74, 6) is -1.85. The van der Waals surface area contributed by atoms with Crippen molar-refractivity contribution in [2.75, 3.05) is 16.0 Å². The predicted octanol–water partition coefficient (Wildman–Crippen LogP) is 6.02. The van der Waals surface area contributed by atoms with Gasteiger partial charge < -0.3 is 9.84 Å². The summed E-state index contributed by atoms with van der Waals surface area (Å²) in [6, 6.07) is 0.428. The fourth-order valence-corrected chi connectivity index (χ4v) is 3.67. The molecule has 4 nitrogen and oxygen atoms in total. The SMILES string of the molecule is CC1=NN(c2cc(C(F)(F)F)cc(C(F)(F)F)c2)C(O)C1C(OCCCCI)C(F)(F)F. The highest BCUT2D eigenvalue weighted by molar-refractivity contribution is 14.1. The highest BCUT2D eigenvalue weighted by atomic mass is 127. The summed E-state index contributed by atoms with van der Waals surface area (Å²) in [4.78, 5) is 0. The number of aliphatic hydroxyl groups excluding tert-OH is 1. The van der Waals surface area contributed by atoms with Crippen LogP contribution in [0, 0.1) is 5.92 Å². The molecule has 0 bridgehead atoms. The lowest BCUT2D eigenvalue weighted by Gasteiger charge is -2.31. The molecule has 0 spiro atoms. The van der Waals surface area contributed by atoms with Gasteiger partial charge in [0.2, 0.25) is 0 Å². The van der Waals surface area contributed by atoms with Crippen molar-refractivity contribution < 1.29 is 49.4 Å². The number of aliphatic hydroxyl groups is 1. The van der Waals surface area contributed by atoms with E-state index in [1.165, 1.54) is 0 Å². The van der Waals surface area contributed by atoms with Gasteiger partial charge in [-0.1, -0.05) is 22.6 Å². The minimum absolute atomic E-state index is 0.130. The number of hydrogen-bond donors (Lipinski definition) is 1. The van der Waals surface area contributed by atoms with Crippen molar-refractivity contribution in [3.8, 4) is 0 Å². The minimum Gasteiger partial charge on any atom is -0.371 e. The molecule has 3 unspecified atom stereocenters. The molecule has 0 saturated heterocycles. The molecule has 3 atom stereocenters. The molecule has 0 aromatic heterocycles. The Morgan fingerprint density at radius 1 is 1.00 bits per heavy atom. The molecule has 0 amide bonds. The number of ether oxygens (including phenoxy) is 1. The number of hydrazone groups is 1. The van der Waals surface area contributed by atoms with Gasteiger partial charge in [-0.05, 0) is 42.4 Å². The van der Waals surface area contributed by atoms with Crippen LogP contribution in [0.3, 0.4) is 0 Å². The molecule has 2 rings (SSSR count). The van der Waals surface area contributed by atoms with Gasteiger partial charge in [0.05, 0.1) is 22.7 Å². The summed E-state index contributed by atoms with van der Waals surface area (Å²) in [6.45, 7) is 0.782. The second kappa shape index (κ2) is 9.91. The molecular weight excluding hydrogens is 574 g/mol. The normalized spacial score (nSPS) is 21.1. The molecule has 1 aromatic carbocycles. The summed E-state index contributed by atoms with van der Waals surface area (Å²) in [6.07, 6.45) is -19.2. The predicted molar refractivity (Wildman–Crippen MR) is 105 cm³/mol. The molecule has 1 aliphatic rings. The van der Waals surface area contributed by atoms with Gasteiger partial charge in [-0.2, -0.15) is 44.6 Å². The number of hydrogen-bond acceptors (Lipinski definition) is 4. The Labute approximate surface area is 190 Å². The lowest BCUT2D eigenvalue weighted by Crippen LogP contribution is -2.48. The van der Waals surface area contributed by atoms with Crippen LogP contribution >= 0.6 is 22.6 Å². The second-order valence-electron chi connectivity index (χ2n) is 7.02. The number of rotatable bonds is 7. The first-order valence-corrected chi connectivity index (χ1v) is 10.7. The monoisotopic (exact) mass is 592 g/mol. The smallest absolute Gasteiger partial charge is 0.371 e. The molecule has 14 heteroatoms. The lowest BCUT2D eigenvalue weighted by molar-refractivity contribution is -0.235. The van der Waals surface area contributed by atoms with Crippen LogP contribution in [0.15, 0.2) is 23.3 Å². The molecule has 1 aliphatic heterocycles. The van der Waals surface area contributed by atoms with Crippen LogP contribution < -0.4 is 5.01 Å². The van der Waals surface area contributed by atoms with Crippen LogP contribution in [0.4, 0.5) is 45.2 Å². The van der Waals surface area contributed by atoms with Gasteiger partial charge in [0.25, 0.3) is 0 Å². The zero-order valence-electron chi connectivity index (χ0n) is 16.3. The number of nitrogens with zero attached hydrogens (tertiary/aromatic N) is 2. The van der Waals surface area contributed by atoms with Crippen molar-refractivity contribution in [1.82, 2.24) is 0 Å². The topological polar surface area (TPSA) is 45.1 Å². The van der Waals surface area contributed by atoms with Crippen LogP contribution in [-0.4, -0.2) is 40.4 Å². The maximum Gasteiger partial charge on any atom is 0.416 e. The molecule has 1 aromatic rings. The van der Waals surface area contributed by atoms with Gasteiger partial charge in [-0.3, -0.25) is 0 Å². The van der Waals surface area contributed by atoms with Crippen molar-refractivity contribution in [3.63, 3.8) is 0 Å². The van der Waals surface area contributed by atoms with E-state index in [1.54, 1.807) is 0 Å². The van der Waals surface area contributed by atoms with Crippen LogP contribution in [0.1, 0.15) is 30.9 Å². The first-order chi connectivity index (χ1) is 14.6. The molecule has 1 heterocycles. The van der Waals surface area contributed by atoms with E-state index in [0.717, 1.165) is 6.92 Å². The third kappa shape index (κ3) is 6.40. The summed E-state index contributed by atoms with van der Waals surface area (Å²) in [7, 11) is 0. The minimum atomic E-state index is -5.17. The maximum absolute atomic E-state index is 13.6. The van der Waals surface area contributed by atoms with Gasteiger partial charge in [-0.15, -0.1) is 0 Å². The first-order valence-electron chi connectivity index (χ1n) is 9.13. The Balaban J connectivity index is 2.43. The van der Waals surface area contributed by atoms with Crippen LogP contribution in [0.5, 0.6) is 0 Å². The fraction of sp³-hybridized carbons (Fsp3) is 0.611. The summed E-state index contributed by atoms with van der Waals surface area (Å²) < 4.78 is 125. The zero-order chi connectivity index (χ0) is 24.5. The number of anilines is 1. The van der Waals surface area contributed by atoms with E-state index in [2.05, 4.69) is 5.10 Å². The van der Waals surface area contributed by atoms with E-state index in [1.807, 2.05) is 22.6 Å². The molecule has 0 fully saturated rings. The van der Waals surface area contributed by atoms with Gasteiger partial charge in [-0.25, -0.2) is 5.01 Å². The van der Waals surface area contributed by atoms with E-state index >= 15 is 0 Å². The van der Waals surface area contributed by atoms with Crippen molar-refractivity contribution in [2.45, 2.75) is 50.6 Å². The maximum atomic E-state index is 13.6. The Morgan fingerprint density at radius 3 is 1.97 bits per heavy atom. The Hall–Kier alpha value is -1.29. The first kappa shape index (κ1) is 27.0. The Kier molecular flexibility index (Phi) is 8.35. The second-order valence-corrected chi connectivity index (χ2v) is 8.10. The number of unbranched alkanes of at least 4 members (excludes halogenated alkanes) is 1. The summed E-state index contributed by atoms with van der Waals surface area (Å²) in [5.41, 5.74) is -4.58. The van der Waals surface area contributed by atoms with Gasteiger partial charge >= 0.3 is 18.5 Å². The quantitative estimate of drug-likeness (QED) is 0.183. The van der Waals surface area contributed by atoms with Crippen molar-refractivity contribution in [1.29, 1.82) is 0 Å². The molecule has 1 N–H and O–H groups in total. The number of alkyl halides is 10. The average molecular weight is 592 g/mol. The molecular formula is C18H18F9IN2O2. The number of benzene rings is 1. The van der Waals surface area contributed by atoms with Crippen molar-refractivity contribution in [2.24, 2.45) is 11.0 Å². The van der Waals surface area contributed by atoms with E-state index in [9.17, 15) is 44.6 Å².